The smallest absolute Gasteiger partial charge is 0.317 e. The summed E-state index contributed by atoms with van der Waals surface area (Å²) in [4.78, 5) is 23.4. The molecule has 1 aromatic rings. The molecule has 2 aliphatic heterocycles. The second kappa shape index (κ2) is 8.01. The number of hydrogen-bond donors (Lipinski definition) is 1. The van der Waals surface area contributed by atoms with E-state index in [4.69, 9.17) is 4.74 Å². The Morgan fingerprint density at radius 2 is 1.88 bits per heavy atom. The Bertz CT molecular complexity index is 561. The number of anilines is 1. The first kappa shape index (κ1) is 17.9. The third-order valence-electron chi connectivity index (χ3n) is 4.79. The molecule has 7 heteroatoms. The lowest BCUT2D eigenvalue weighted by atomic mass is 10.2. The summed E-state index contributed by atoms with van der Waals surface area (Å²) in [6.45, 7) is 9.90. The van der Waals surface area contributed by atoms with Crippen LogP contribution in [0.5, 0.6) is 0 Å². The fourth-order valence-electron chi connectivity index (χ4n) is 3.38. The summed E-state index contributed by atoms with van der Waals surface area (Å²) in [6, 6.07) is 4.06. The number of piperazine rings is 1. The molecule has 0 aliphatic carbocycles. The van der Waals surface area contributed by atoms with Crippen LogP contribution in [0.3, 0.4) is 0 Å². The van der Waals surface area contributed by atoms with E-state index in [1.165, 1.54) is 0 Å². The van der Waals surface area contributed by atoms with E-state index in [9.17, 15) is 4.79 Å². The van der Waals surface area contributed by atoms with Gasteiger partial charge in [0.1, 0.15) is 5.82 Å². The van der Waals surface area contributed by atoms with Crippen LogP contribution in [0.15, 0.2) is 18.3 Å². The highest BCUT2D eigenvalue weighted by Crippen LogP contribution is 2.14. The van der Waals surface area contributed by atoms with Gasteiger partial charge in [-0.2, -0.15) is 0 Å². The van der Waals surface area contributed by atoms with E-state index in [-0.39, 0.29) is 18.2 Å². The van der Waals surface area contributed by atoms with Crippen molar-refractivity contribution in [1.29, 1.82) is 0 Å². The van der Waals surface area contributed by atoms with Crippen molar-refractivity contribution in [1.82, 2.24) is 20.1 Å². The van der Waals surface area contributed by atoms with Crippen LogP contribution in [-0.4, -0.2) is 79.3 Å². The van der Waals surface area contributed by atoms with Crippen molar-refractivity contribution >= 4 is 11.8 Å². The predicted molar refractivity (Wildman–Crippen MR) is 97.8 cm³/mol. The largest absolute Gasteiger partial charge is 0.372 e. The summed E-state index contributed by atoms with van der Waals surface area (Å²) in [7, 11) is 2.15. The van der Waals surface area contributed by atoms with Gasteiger partial charge in [-0.05, 0) is 32.5 Å². The molecule has 2 unspecified atom stereocenters. The minimum absolute atomic E-state index is 0.0369. The van der Waals surface area contributed by atoms with E-state index >= 15 is 0 Å². The van der Waals surface area contributed by atoms with Gasteiger partial charge in [0.2, 0.25) is 0 Å². The van der Waals surface area contributed by atoms with Gasteiger partial charge in [0.25, 0.3) is 0 Å². The maximum absolute atomic E-state index is 12.3. The lowest BCUT2D eigenvalue weighted by molar-refractivity contribution is -0.0545. The van der Waals surface area contributed by atoms with Crippen molar-refractivity contribution in [2.24, 2.45) is 0 Å². The van der Waals surface area contributed by atoms with Gasteiger partial charge in [-0.25, -0.2) is 9.78 Å². The first-order chi connectivity index (χ1) is 12.0. The highest BCUT2D eigenvalue weighted by atomic mass is 16.5. The molecule has 2 atom stereocenters. The number of pyridine rings is 1. The molecule has 3 heterocycles. The minimum atomic E-state index is -0.0369. The molecule has 0 radical (unpaired) electrons. The summed E-state index contributed by atoms with van der Waals surface area (Å²) in [6.07, 6.45) is 2.02. The zero-order valence-corrected chi connectivity index (χ0v) is 15.4. The van der Waals surface area contributed by atoms with Gasteiger partial charge >= 0.3 is 6.03 Å². The van der Waals surface area contributed by atoms with Crippen LogP contribution in [-0.2, 0) is 11.3 Å². The van der Waals surface area contributed by atoms with Crippen LogP contribution >= 0.6 is 0 Å². The molecule has 0 spiro atoms. The van der Waals surface area contributed by atoms with Crippen LogP contribution < -0.4 is 10.2 Å². The maximum atomic E-state index is 12.3. The standard InChI is InChI=1S/C18H29N5O2/c1-14-12-23(13-15(2)25-14)18(24)20-11-16-4-5-17(19-10-16)22-8-6-21(3)7-9-22/h4-5,10,14-15H,6-9,11-13H2,1-3H3,(H,20,24). The molecule has 2 fully saturated rings. The number of rotatable bonds is 3. The van der Waals surface area contributed by atoms with Gasteiger partial charge in [-0.15, -0.1) is 0 Å². The van der Waals surface area contributed by atoms with E-state index in [2.05, 4.69) is 27.1 Å². The van der Waals surface area contributed by atoms with Crippen molar-refractivity contribution < 1.29 is 9.53 Å². The predicted octanol–water partition coefficient (Wildman–Crippen LogP) is 1.15. The van der Waals surface area contributed by atoms with Crippen molar-refractivity contribution in [3.05, 3.63) is 23.9 Å². The Morgan fingerprint density at radius 1 is 1.20 bits per heavy atom. The third-order valence-corrected chi connectivity index (χ3v) is 4.79. The second-order valence-corrected chi connectivity index (χ2v) is 7.14. The van der Waals surface area contributed by atoms with E-state index in [0.717, 1.165) is 37.6 Å². The molecule has 3 rings (SSSR count). The third kappa shape index (κ3) is 4.83. The number of carbonyl (C=O) groups excluding carboxylic acids is 1. The molecular formula is C18H29N5O2. The van der Waals surface area contributed by atoms with E-state index in [1.54, 1.807) is 0 Å². The number of carbonyl (C=O) groups is 1. The molecule has 2 aliphatic rings. The Hall–Kier alpha value is -1.86. The molecule has 0 aromatic carbocycles. The monoisotopic (exact) mass is 347 g/mol. The zero-order chi connectivity index (χ0) is 17.8. The average molecular weight is 347 g/mol. The quantitative estimate of drug-likeness (QED) is 0.889. The fourth-order valence-corrected chi connectivity index (χ4v) is 3.38. The number of likely N-dealkylation sites (N-methyl/N-ethyl adjacent to an activating group) is 1. The fraction of sp³-hybridized carbons (Fsp3) is 0.667. The van der Waals surface area contributed by atoms with E-state index in [0.29, 0.717) is 19.6 Å². The molecule has 0 saturated carbocycles. The van der Waals surface area contributed by atoms with Gasteiger partial charge < -0.3 is 24.8 Å². The molecule has 1 aromatic heterocycles. The Balaban J connectivity index is 1.49. The topological polar surface area (TPSA) is 60.9 Å². The number of hydrogen-bond acceptors (Lipinski definition) is 5. The summed E-state index contributed by atoms with van der Waals surface area (Å²) in [5, 5.41) is 2.99. The van der Waals surface area contributed by atoms with Crippen LogP contribution in [0.1, 0.15) is 19.4 Å². The van der Waals surface area contributed by atoms with E-state index in [1.807, 2.05) is 37.1 Å². The Morgan fingerprint density at radius 3 is 2.48 bits per heavy atom. The first-order valence-corrected chi connectivity index (χ1v) is 9.08. The number of nitrogens with one attached hydrogen (secondary N) is 1. The molecular weight excluding hydrogens is 318 g/mol. The first-order valence-electron chi connectivity index (χ1n) is 9.08. The highest BCUT2D eigenvalue weighted by Gasteiger charge is 2.25. The normalized spacial score (nSPS) is 25.1. The van der Waals surface area contributed by atoms with Crippen LogP contribution in [0.25, 0.3) is 0 Å². The van der Waals surface area contributed by atoms with Crippen molar-refractivity contribution in [2.45, 2.75) is 32.6 Å². The number of amides is 2. The lowest BCUT2D eigenvalue weighted by Crippen LogP contribution is -2.51. The van der Waals surface area contributed by atoms with Crippen molar-refractivity contribution in [2.75, 3.05) is 51.2 Å². The highest BCUT2D eigenvalue weighted by molar-refractivity contribution is 5.74. The SMILES string of the molecule is CC1CN(C(=O)NCc2ccc(N3CCN(C)CC3)nc2)CC(C)O1. The number of aromatic nitrogens is 1. The Labute approximate surface area is 149 Å². The van der Waals surface area contributed by atoms with E-state index < -0.39 is 0 Å². The molecule has 25 heavy (non-hydrogen) atoms. The van der Waals surface area contributed by atoms with Crippen LogP contribution in [0.2, 0.25) is 0 Å². The second-order valence-electron chi connectivity index (χ2n) is 7.14. The average Bonchev–Trinajstić information content (AvgIpc) is 2.60. The summed E-state index contributed by atoms with van der Waals surface area (Å²) in [5.74, 6) is 1.01. The summed E-state index contributed by atoms with van der Waals surface area (Å²) in [5.41, 5.74) is 1.01. The molecule has 7 nitrogen and oxygen atoms in total. The summed E-state index contributed by atoms with van der Waals surface area (Å²) >= 11 is 0. The lowest BCUT2D eigenvalue weighted by Gasteiger charge is -2.35. The molecule has 0 bridgehead atoms. The number of urea groups is 1. The van der Waals surface area contributed by atoms with Gasteiger partial charge in [0.15, 0.2) is 0 Å². The van der Waals surface area contributed by atoms with Crippen molar-refractivity contribution in [3.63, 3.8) is 0 Å². The number of morpholine rings is 1. The number of nitrogens with zero attached hydrogens (tertiary/aromatic N) is 4. The molecule has 2 saturated heterocycles. The van der Waals surface area contributed by atoms with Crippen molar-refractivity contribution in [3.8, 4) is 0 Å². The van der Waals surface area contributed by atoms with Crippen LogP contribution in [0, 0.1) is 0 Å². The maximum Gasteiger partial charge on any atom is 0.317 e. The zero-order valence-electron chi connectivity index (χ0n) is 15.4. The van der Waals surface area contributed by atoms with Gasteiger partial charge in [0.05, 0.1) is 12.2 Å². The molecule has 2 amide bonds. The van der Waals surface area contributed by atoms with Crippen LogP contribution in [0.4, 0.5) is 10.6 Å². The minimum Gasteiger partial charge on any atom is -0.372 e. The van der Waals surface area contributed by atoms with Gasteiger partial charge in [-0.3, -0.25) is 0 Å². The molecule has 138 valence electrons. The Kier molecular flexibility index (Phi) is 5.75. The number of ether oxygens (including phenoxy) is 1. The van der Waals surface area contributed by atoms with Gasteiger partial charge in [0, 0.05) is 52.0 Å². The van der Waals surface area contributed by atoms with Gasteiger partial charge in [-0.1, -0.05) is 6.07 Å². The summed E-state index contributed by atoms with van der Waals surface area (Å²) < 4.78 is 5.67. The molecule has 1 N–H and O–H groups in total.